The first-order valence-corrected chi connectivity index (χ1v) is 6.02. The lowest BCUT2D eigenvalue weighted by Crippen LogP contribution is -2.02. The second-order valence-corrected chi connectivity index (χ2v) is 4.66. The standard InChI is InChI=1S/C12H13BrO3/c13-10-3-1-9(2-4-10)8-15-6-5-11-12(7-14)16-11/h1-4,7,11-12H,5-6,8H2/t11-,12-/m1/s1. The van der Waals surface area contributed by atoms with Crippen molar-refractivity contribution >= 4 is 22.2 Å². The van der Waals surface area contributed by atoms with Gasteiger partial charge in [-0.1, -0.05) is 28.1 Å². The van der Waals surface area contributed by atoms with Crippen LogP contribution < -0.4 is 0 Å². The average molecular weight is 285 g/mol. The van der Waals surface area contributed by atoms with Gasteiger partial charge in [-0.3, -0.25) is 0 Å². The van der Waals surface area contributed by atoms with Crippen molar-refractivity contribution in [1.29, 1.82) is 0 Å². The third-order valence-electron chi connectivity index (χ3n) is 2.48. The largest absolute Gasteiger partial charge is 0.377 e. The van der Waals surface area contributed by atoms with Gasteiger partial charge >= 0.3 is 0 Å². The van der Waals surface area contributed by atoms with Gasteiger partial charge in [0, 0.05) is 11.1 Å². The Bertz CT molecular complexity index is 350. The van der Waals surface area contributed by atoms with Gasteiger partial charge in [0.15, 0.2) is 6.29 Å². The molecule has 3 nitrogen and oxygen atoms in total. The molecule has 1 heterocycles. The Hall–Kier alpha value is -0.710. The highest BCUT2D eigenvalue weighted by atomic mass is 79.9. The van der Waals surface area contributed by atoms with Gasteiger partial charge in [-0.05, 0) is 24.1 Å². The van der Waals surface area contributed by atoms with Gasteiger partial charge < -0.3 is 14.3 Å². The highest BCUT2D eigenvalue weighted by Gasteiger charge is 2.37. The Morgan fingerprint density at radius 3 is 2.75 bits per heavy atom. The lowest BCUT2D eigenvalue weighted by Gasteiger charge is -2.03. The second-order valence-electron chi connectivity index (χ2n) is 3.74. The SMILES string of the molecule is O=C[C@H]1O[C@@H]1CCOCc1ccc(Br)cc1. The van der Waals surface area contributed by atoms with Crippen molar-refractivity contribution in [2.24, 2.45) is 0 Å². The van der Waals surface area contributed by atoms with Gasteiger partial charge in [-0.15, -0.1) is 0 Å². The van der Waals surface area contributed by atoms with Gasteiger partial charge in [0.1, 0.15) is 6.10 Å². The van der Waals surface area contributed by atoms with Gasteiger partial charge in [0.2, 0.25) is 0 Å². The highest BCUT2D eigenvalue weighted by Crippen LogP contribution is 2.23. The van der Waals surface area contributed by atoms with Crippen molar-refractivity contribution in [2.75, 3.05) is 6.61 Å². The zero-order valence-electron chi connectivity index (χ0n) is 8.77. The summed E-state index contributed by atoms with van der Waals surface area (Å²) in [5.41, 5.74) is 1.15. The predicted molar refractivity (Wildman–Crippen MR) is 63.1 cm³/mol. The second kappa shape index (κ2) is 5.57. The molecule has 2 rings (SSSR count). The minimum Gasteiger partial charge on any atom is -0.377 e. The number of carbonyl (C=O) groups is 1. The minimum absolute atomic E-state index is 0.0856. The van der Waals surface area contributed by atoms with E-state index in [4.69, 9.17) is 9.47 Å². The molecule has 0 amide bonds. The Morgan fingerprint density at radius 2 is 2.12 bits per heavy atom. The summed E-state index contributed by atoms with van der Waals surface area (Å²) in [4.78, 5) is 10.3. The van der Waals surface area contributed by atoms with Crippen LogP contribution in [-0.4, -0.2) is 25.1 Å². The number of halogens is 1. The molecule has 0 unspecified atom stereocenters. The Kier molecular flexibility index (Phi) is 4.09. The fourth-order valence-electron chi connectivity index (χ4n) is 1.48. The van der Waals surface area contributed by atoms with E-state index < -0.39 is 0 Å². The zero-order chi connectivity index (χ0) is 11.4. The maximum Gasteiger partial charge on any atom is 0.151 e. The molecule has 2 atom stereocenters. The van der Waals surface area contributed by atoms with Crippen LogP contribution >= 0.6 is 15.9 Å². The van der Waals surface area contributed by atoms with E-state index in [0.29, 0.717) is 13.2 Å². The number of hydrogen-bond acceptors (Lipinski definition) is 3. The molecule has 0 aromatic heterocycles. The fraction of sp³-hybridized carbons (Fsp3) is 0.417. The molecule has 0 aliphatic carbocycles. The van der Waals surface area contributed by atoms with Crippen LogP contribution in [0.25, 0.3) is 0 Å². The number of rotatable bonds is 6. The van der Waals surface area contributed by atoms with Gasteiger partial charge in [-0.2, -0.15) is 0 Å². The van der Waals surface area contributed by atoms with Crippen LogP contribution in [-0.2, 0) is 20.9 Å². The molecule has 1 aromatic carbocycles. The molecule has 0 saturated carbocycles. The molecule has 1 aliphatic rings. The van der Waals surface area contributed by atoms with Crippen LogP contribution in [0.1, 0.15) is 12.0 Å². The van der Waals surface area contributed by atoms with Crippen LogP contribution in [0.2, 0.25) is 0 Å². The maximum atomic E-state index is 10.3. The quantitative estimate of drug-likeness (QED) is 0.457. The predicted octanol–water partition coefficient (Wildman–Crippen LogP) is 2.32. The third-order valence-corrected chi connectivity index (χ3v) is 3.01. The summed E-state index contributed by atoms with van der Waals surface area (Å²) in [6.45, 7) is 1.23. The number of carbonyl (C=O) groups excluding carboxylic acids is 1. The monoisotopic (exact) mass is 284 g/mol. The normalized spacial score (nSPS) is 23.1. The fourth-order valence-corrected chi connectivity index (χ4v) is 1.74. The van der Waals surface area contributed by atoms with Crippen molar-refractivity contribution in [3.8, 4) is 0 Å². The molecule has 1 fully saturated rings. The van der Waals surface area contributed by atoms with Crippen molar-refractivity contribution in [3.63, 3.8) is 0 Å². The highest BCUT2D eigenvalue weighted by molar-refractivity contribution is 9.10. The van der Waals surface area contributed by atoms with Crippen LogP contribution in [0.4, 0.5) is 0 Å². The molecule has 1 aliphatic heterocycles. The molecule has 0 bridgehead atoms. The van der Waals surface area contributed by atoms with E-state index in [1.807, 2.05) is 24.3 Å². The summed E-state index contributed by atoms with van der Waals surface area (Å²) in [7, 11) is 0. The third kappa shape index (κ3) is 3.40. The summed E-state index contributed by atoms with van der Waals surface area (Å²) in [6, 6.07) is 8.02. The number of aldehydes is 1. The molecule has 1 saturated heterocycles. The molecule has 0 radical (unpaired) electrons. The summed E-state index contributed by atoms with van der Waals surface area (Å²) < 4.78 is 11.6. The van der Waals surface area contributed by atoms with Gasteiger partial charge in [0.25, 0.3) is 0 Å². The summed E-state index contributed by atoms with van der Waals surface area (Å²) in [5, 5.41) is 0. The van der Waals surface area contributed by atoms with E-state index in [1.54, 1.807) is 0 Å². The lowest BCUT2D eigenvalue weighted by atomic mass is 10.2. The summed E-state index contributed by atoms with van der Waals surface area (Å²) in [6.07, 6.45) is 1.54. The summed E-state index contributed by atoms with van der Waals surface area (Å²) in [5.74, 6) is 0. The first-order valence-electron chi connectivity index (χ1n) is 5.22. The Labute approximate surface area is 103 Å². The van der Waals surface area contributed by atoms with E-state index in [-0.39, 0.29) is 12.2 Å². The smallest absolute Gasteiger partial charge is 0.151 e. The lowest BCUT2D eigenvalue weighted by molar-refractivity contribution is -0.108. The molecular formula is C12H13BrO3. The molecule has 16 heavy (non-hydrogen) atoms. The van der Waals surface area contributed by atoms with E-state index >= 15 is 0 Å². The van der Waals surface area contributed by atoms with E-state index in [0.717, 1.165) is 22.7 Å². The number of ether oxygens (including phenoxy) is 2. The van der Waals surface area contributed by atoms with E-state index in [1.165, 1.54) is 0 Å². The Balaban J connectivity index is 1.61. The van der Waals surface area contributed by atoms with Gasteiger partial charge in [0.05, 0.1) is 12.7 Å². The molecule has 0 spiro atoms. The van der Waals surface area contributed by atoms with Crippen LogP contribution in [0.15, 0.2) is 28.7 Å². The van der Waals surface area contributed by atoms with Crippen LogP contribution in [0.5, 0.6) is 0 Å². The molecule has 1 aromatic rings. The summed E-state index contributed by atoms with van der Waals surface area (Å²) >= 11 is 3.38. The first-order chi connectivity index (χ1) is 7.79. The number of epoxide rings is 1. The average Bonchev–Trinajstić information content (AvgIpc) is 3.05. The molecule has 0 N–H and O–H groups in total. The number of hydrogen-bond donors (Lipinski definition) is 0. The van der Waals surface area contributed by atoms with Crippen molar-refractivity contribution in [1.82, 2.24) is 0 Å². The number of benzene rings is 1. The Morgan fingerprint density at radius 1 is 1.38 bits per heavy atom. The first kappa shape index (κ1) is 11.8. The topological polar surface area (TPSA) is 38.8 Å². The van der Waals surface area contributed by atoms with Crippen molar-refractivity contribution < 1.29 is 14.3 Å². The van der Waals surface area contributed by atoms with E-state index in [2.05, 4.69) is 15.9 Å². The zero-order valence-corrected chi connectivity index (χ0v) is 10.4. The van der Waals surface area contributed by atoms with Crippen molar-refractivity contribution in [3.05, 3.63) is 34.3 Å². The van der Waals surface area contributed by atoms with Gasteiger partial charge in [-0.25, -0.2) is 0 Å². The van der Waals surface area contributed by atoms with Crippen LogP contribution in [0.3, 0.4) is 0 Å². The van der Waals surface area contributed by atoms with Crippen molar-refractivity contribution in [2.45, 2.75) is 25.2 Å². The van der Waals surface area contributed by atoms with Crippen LogP contribution in [0, 0.1) is 0 Å². The minimum atomic E-state index is -0.184. The maximum absolute atomic E-state index is 10.3. The molecular weight excluding hydrogens is 272 g/mol. The molecule has 86 valence electrons. The van der Waals surface area contributed by atoms with E-state index in [9.17, 15) is 4.79 Å². The molecule has 4 heteroatoms.